The molecule has 0 saturated heterocycles. The Labute approximate surface area is 177 Å². The van der Waals surface area contributed by atoms with Crippen LogP contribution in [0.5, 0.6) is 11.5 Å². The molecule has 160 valence electrons. The average molecular weight is 423 g/mol. The van der Waals surface area contributed by atoms with Crippen LogP contribution in [-0.2, 0) is 20.7 Å². The fourth-order valence-electron chi connectivity index (χ4n) is 3.02. The minimum absolute atomic E-state index is 0.0959. The summed E-state index contributed by atoms with van der Waals surface area (Å²) in [7, 11) is 4.08. The zero-order chi connectivity index (χ0) is 22.5. The first kappa shape index (κ1) is 21.6. The predicted octanol–water partition coefficient (Wildman–Crippen LogP) is 2.75. The van der Waals surface area contributed by atoms with Crippen LogP contribution in [0.1, 0.15) is 16.8 Å². The van der Waals surface area contributed by atoms with Crippen molar-refractivity contribution in [3.8, 4) is 11.5 Å². The Balaban J connectivity index is 1.92. The van der Waals surface area contributed by atoms with Crippen molar-refractivity contribution >= 4 is 17.8 Å². The van der Waals surface area contributed by atoms with Crippen LogP contribution in [0.3, 0.4) is 0 Å². The minimum Gasteiger partial charge on any atom is -0.493 e. The Kier molecular flexibility index (Phi) is 6.35. The largest absolute Gasteiger partial charge is 0.493 e. The third-order valence-electron chi connectivity index (χ3n) is 4.73. The Morgan fingerprint density at radius 2 is 1.71 bits per heavy atom. The lowest BCUT2D eigenvalue weighted by atomic mass is 10.1. The van der Waals surface area contributed by atoms with E-state index in [4.69, 9.17) is 9.47 Å². The van der Waals surface area contributed by atoms with Gasteiger partial charge >= 0.3 is 16.9 Å². The molecular weight excluding hydrogens is 402 g/mol. The van der Waals surface area contributed by atoms with Crippen molar-refractivity contribution in [3.05, 3.63) is 96.3 Å². The Bertz CT molecular complexity index is 1260. The smallest absolute Gasteiger partial charge is 0.357 e. The van der Waals surface area contributed by atoms with Gasteiger partial charge in [-0.05, 0) is 29.3 Å². The van der Waals surface area contributed by atoms with E-state index in [1.165, 1.54) is 27.3 Å². The van der Waals surface area contributed by atoms with Crippen molar-refractivity contribution in [2.75, 3.05) is 7.11 Å². The van der Waals surface area contributed by atoms with Gasteiger partial charge in [0.15, 0.2) is 11.5 Å². The molecule has 1 heterocycles. The maximum atomic E-state index is 12.2. The highest BCUT2D eigenvalue weighted by molar-refractivity contribution is 5.73. The van der Waals surface area contributed by atoms with Crippen molar-refractivity contribution in [3.63, 3.8) is 0 Å². The summed E-state index contributed by atoms with van der Waals surface area (Å²) in [4.78, 5) is 35.0. The maximum Gasteiger partial charge on any atom is 0.357 e. The summed E-state index contributed by atoms with van der Waals surface area (Å²) >= 11 is 0. The van der Waals surface area contributed by atoms with Crippen LogP contribution >= 0.6 is 0 Å². The zero-order valence-corrected chi connectivity index (χ0v) is 17.3. The molecule has 31 heavy (non-hydrogen) atoms. The van der Waals surface area contributed by atoms with Crippen LogP contribution in [0, 0.1) is 10.1 Å². The molecule has 0 bridgehead atoms. The van der Waals surface area contributed by atoms with E-state index in [9.17, 15) is 19.7 Å². The summed E-state index contributed by atoms with van der Waals surface area (Å²) in [5.74, 6) is 1.01. The van der Waals surface area contributed by atoms with Gasteiger partial charge in [0.1, 0.15) is 12.3 Å². The molecule has 0 atom stereocenters. The van der Waals surface area contributed by atoms with Gasteiger partial charge in [-0.1, -0.05) is 42.5 Å². The van der Waals surface area contributed by atoms with E-state index in [0.717, 1.165) is 10.1 Å². The van der Waals surface area contributed by atoms with Crippen LogP contribution in [0.25, 0.3) is 12.2 Å². The lowest BCUT2D eigenvalue weighted by Gasteiger charge is -2.11. The van der Waals surface area contributed by atoms with Gasteiger partial charge in [0.25, 0.3) is 0 Å². The molecule has 0 saturated carbocycles. The zero-order valence-electron chi connectivity index (χ0n) is 17.3. The number of ether oxygens (including phenoxy) is 2. The van der Waals surface area contributed by atoms with Crippen molar-refractivity contribution in [2.24, 2.45) is 14.1 Å². The topological polar surface area (TPSA) is 106 Å². The molecule has 0 radical (unpaired) electrons. The van der Waals surface area contributed by atoms with Gasteiger partial charge in [0.05, 0.1) is 12.0 Å². The predicted molar refractivity (Wildman–Crippen MR) is 116 cm³/mol. The van der Waals surface area contributed by atoms with Crippen molar-refractivity contribution < 1.29 is 14.4 Å². The number of nitro groups is 1. The van der Waals surface area contributed by atoms with E-state index >= 15 is 0 Å². The van der Waals surface area contributed by atoms with Crippen LogP contribution in [-0.4, -0.2) is 21.2 Å². The van der Waals surface area contributed by atoms with Crippen LogP contribution in [0.2, 0.25) is 0 Å². The second-order valence-corrected chi connectivity index (χ2v) is 6.71. The Hall–Kier alpha value is -4.14. The summed E-state index contributed by atoms with van der Waals surface area (Å²) in [5.41, 5.74) is -0.733. The number of nitrogens with zero attached hydrogens (tertiary/aromatic N) is 3. The molecule has 0 aliphatic rings. The van der Waals surface area contributed by atoms with Gasteiger partial charge in [0.2, 0.25) is 0 Å². The lowest BCUT2D eigenvalue weighted by Crippen LogP contribution is -2.39. The number of hydrogen-bond acceptors (Lipinski definition) is 6. The van der Waals surface area contributed by atoms with Gasteiger partial charge < -0.3 is 9.47 Å². The highest BCUT2D eigenvalue weighted by atomic mass is 16.6. The average Bonchev–Trinajstić information content (AvgIpc) is 2.78. The first-order valence-corrected chi connectivity index (χ1v) is 9.30. The van der Waals surface area contributed by atoms with Gasteiger partial charge in [-0.3, -0.25) is 24.0 Å². The lowest BCUT2D eigenvalue weighted by molar-refractivity contribution is -0.387. The molecule has 3 rings (SSSR count). The monoisotopic (exact) mass is 423 g/mol. The molecule has 0 unspecified atom stereocenters. The molecule has 1 aromatic heterocycles. The van der Waals surface area contributed by atoms with E-state index in [0.29, 0.717) is 28.2 Å². The summed E-state index contributed by atoms with van der Waals surface area (Å²) in [6.07, 6.45) is 2.92. The SMILES string of the molecule is COc1cc(/C=C/c2c([N+](=O)[O-])c(=O)n(C)c(=O)n2C)ccc1OCc1ccccc1. The van der Waals surface area contributed by atoms with Crippen LogP contribution in [0.15, 0.2) is 58.1 Å². The molecule has 0 fully saturated rings. The molecule has 0 aliphatic carbocycles. The molecule has 9 nitrogen and oxygen atoms in total. The van der Waals surface area contributed by atoms with Crippen molar-refractivity contribution in [1.29, 1.82) is 0 Å². The molecule has 0 N–H and O–H groups in total. The molecule has 9 heteroatoms. The summed E-state index contributed by atoms with van der Waals surface area (Å²) in [6.45, 7) is 0.369. The standard InChI is InChI=1S/C22H21N3O6/c1-23-17(20(25(28)29)21(26)24(2)22(23)27)11-9-15-10-12-18(19(13-15)30-3)31-14-16-7-5-4-6-8-16/h4-13H,14H2,1-3H3/b11-9+. The molecule has 3 aromatic rings. The fraction of sp³-hybridized carbons (Fsp3) is 0.182. The number of benzene rings is 2. The first-order chi connectivity index (χ1) is 14.8. The fourth-order valence-corrected chi connectivity index (χ4v) is 3.02. The Morgan fingerprint density at radius 1 is 1.00 bits per heavy atom. The molecular formula is C22H21N3O6. The normalized spacial score (nSPS) is 10.9. The second-order valence-electron chi connectivity index (χ2n) is 6.71. The maximum absolute atomic E-state index is 12.2. The van der Waals surface area contributed by atoms with Crippen LogP contribution in [0.4, 0.5) is 5.69 Å². The van der Waals surface area contributed by atoms with Crippen LogP contribution < -0.4 is 20.7 Å². The molecule has 2 aromatic carbocycles. The summed E-state index contributed by atoms with van der Waals surface area (Å²) in [6, 6.07) is 14.8. The number of methoxy groups -OCH3 is 1. The van der Waals surface area contributed by atoms with E-state index in [-0.39, 0.29) is 5.69 Å². The van der Waals surface area contributed by atoms with Gasteiger partial charge in [-0.25, -0.2) is 4.79 Å². The first-order valence-electron chi connectivity index (χ1n) is 9.30. The van der Waals surface area contributed by atoms with Gasteiger partial charge in [-0.15, -0.1) is 0 Å². The molecule has 0 spiro atoms. The van der Waals surface area contributed by atoms with Gasteiger partial charge in [-0.2, -0.15) is 0 Å². The minimum atomic E-state index is -0.963. The summed E-state index contributed by atoms with van der Waals surface area (Å²) in [5, 5.41) is 11.4. The van der Waals surface area contributed by atoms with Gasteiger partial charge in [0, 0.05) is 14.1 Å². The third-order valence-corrected chi connectivity index (χ3v) is 4.73. The number of aromatic nitrogens is 2. The molecule has 0 amide bonds. The van der Waals surface area contributed by atoms with E-state index in [2.05, 4.69) is 0 Å². The van der Waals surface area contributed by atoms with Crippen molar-refractivity contribution in [1.82, 2.24) is 9.13 Å². The van der Waals surface area contributed by atoms with Crippen molar-refractivity contribution in [2.45, 2.75) is 6.61 Å². The highest BCUT2D eigenvalue weighted by Crippen LogP contribution is 2.29. The highest BCUT2D eigenvalue weighted by Gasteiger charge is 2.23. The quantitative estimate of drug-likeness (QED) is 0.427. The van der Waals surface area contributed by atoms with E-state index in [1.54, 1.807) is 24.3 Å². The number of hydrogen-bond donors (Lipinski definition) is 0. The second kappa shape index (κ2) is 9.12. The summed E-state index contributed by atoms with van der Waals surface area (Å²) < 4.78 is 13.0. The third kappa shape index (κ3) is 4.55. The number of rotatable bonds is 7. The van der Waals surface area contributed by atoms with E-state index in [1.807, 2.05) is 30.3 Å². The molecule has 0 aliphatic heterocycles. The van der Waals surface area contributed by atoms with E-state index < -0.39 is 21.9 Å². The Morgan fingerprint density at radius 3 is 2.35 bits per heavy atom.